The van der Waals surface area contributed by atoms with Crippen LogP contribution in [0.4, 0.5) is 13.2 Å². The highest BCUT2D eigenvalue weighted by atomic mass is 127. The van der Waals surface area contributed by atoms with Gasteiger partial charge in [-0.2, -0.15) is 18.3 Å². The molecule has 2 rings (SSSR count). The first-order chi connectivity index (χ1) is 13.8. The van der Waals surface area contributed by atoms with Crippen molar-refractivity contribution in [2.24, 2.45) is 4.99 Å². The van der Waals surface area contributed by atoms with E-state index in [0.29, 0.717) is 19.0 Å². The lowest BCUT2D eigenvalue weighted by atomic mass is 10.3. The molecule has 0 amide bonds. The van der Waals surface area contributed by atoms with Crippen LogP contribution in [0.5, 0.6) is 5.88 Å². The SMILES string of the molecule is CCNC(=NCc1ccc(OCC(F)(F)F)nc1)NCCCn1nc(C)cc1C.I. The summed E-state index contributed by atoms with van der Waals surface area (Å²) in [5.74, 6) is 0.600. The first kappa shape index (κ1) is 26.0. The Morgan fingerprint density at radius 1 is 1.23 bits per heavy atom. The minimum absolute atomic E-state index is 0. The summed E-state index contributed by atoms with van der Waals surface area (Å²) < 4.78 is 43.1. The average molecular weight is 540 g/mol. The molecule has 0 saturated carbocycles. The molecule has 168 valence electrons. The van der Waals surface area contributed by atoms with Gasteiger partial charge in [0.05, 0.1) is 12.2 Å². The lowest BCUT2D eigenvalue weighted by Crippen LogP contribution is -2.38. The van der Waals surface area contributed by atoms with Gasteiger partial charge in [-0.3, -0.25) is 4.68 Å². The Bertz CT molecular complexity index is 793. The second kappa shape index (κ2) is 12.6. The van der Waals surface area contributed by atoms with Gasteiger partial charge < -0.3 is 15.4 Å². The van der Waals surface area contributed by atoms with Crippen molar-refractivity contribution in [2.75, 3.05) is 19.7 Å². The van der Waals surface area contributed by atoms with Gasteiger partial charge in [0, 0.05) is 37.6 Å². The third kappa shape index (κ3) is 9.63. The first-order valence-corrected chi connectivity index (χ1v) is 9.44. The molecule has 0 fully saturated rings. The van der Waals surface area contributed by atoms with Crippen LogP contribution in [0.3, 0.4) is 0 Å². The Kier molecular flexibility index (Phi) is 10.9. The van der Waals surface area contributed by atoms with E-state index >= 15 is 0 Å². The van der Waals surface area contributed by atoms with Gasteiger partial charge in [0.1, 0.15) is 0 Å². The largest absolute Gasteiger partial charge is 0.468 e. The Morgan fingerprint density at radius 3 is 2.57 bits per heavy atom. The van der Waals surface area contributed by atoms with E-state index in [2.05, 4.69) is 30.4 Å². The first-order valence-electron chi connectivity index (χ1n) is 9.44. The predicted molar refractivity (Wildman–Crippen MR) is 120 cm³/mol. The van der Waals surface area contributed by atoms with Crippen LogP contribution in [0.15, 0.2) is 29.4 Å². The van der Waals surface area contributed by atoms with Crippen molar-refractivity contribution in [3.8, 4) is 5.88 Å². The number of hydrogen-bond donors (Lipinski definition) is 2. The molecule has 0 aromatic carbocycles. The zero-order chi connectivity index (χ0) is 21.3. The van der Waals surface area contributed by atoms with E-state index < -0.39 is 12.8 Å². The van der Waals surface area contributed by atoms with Gasteiger partial charge >= 0.3 is 6.18 Å². The molecule has 0 saturated heterocycles. The Hall–Kier alpha value is -2.05. The van der Waals surface area contributed by atoms with E-state index in [9.17, 15) is 13.2 Å². The van der Waals surface area contributed by atoms with Gasteiger partial charge in [0.25, 0.3) is 0 Å². The number of alkyl halides is 3. The predicted octanol–water partition coefficient (Wildman–Crippen LogP) is 3.60. The zero-order valence-corrected chi connectivity index (χ0v) is 19.6. The maximum absolute atomic E-state index is 12.2. The Morgan fingerprint density at radius 2 is 2.00 bits per heavy atom. The van der Waals surface area contributed by atoms with Crippen molar-refractivity contribution >= 4 is 29.9 Å². The highest BCUT2D eigenvalue weighted by Gasteiger charge is 2.28. The highest BCUT2D eigenvalue weighted by Crippen LogP contribution is 2.17. The number of aliphatic imine (C=N–C) groups is 1. The highest BCUT2D eigenvalue weighted by molar-refractivity contribution is 14.0. The fraction of sp³-hybridized carbons (Fsp3) is 0.526. The number of aromatic nitrogens is 3. The van der Waals surface area contributed by atoms with Crippen LogP contribution >= 0.6 is 24.0 Å². The lowest BCUT2D eigenvalue weighted by molar-refractivity contribution is -0.154. The second-order valence-corrected chi connectivity index (χ2v) is 6.53. The number of hydrogen-bond acceptors (Lipinski definition) is 4. The van der Waals surface area contributed by atoms with Crippen LogP contribution < -0.4 is 15.4 Å². The van der Waals surface area contributed by atoms with Crippen LogP contribution in [0.1, 0.15) is 30.3 Å². The van der Waals surface area contributed by atoms with Crippen LogP contribution in [0, 0.1) is 13.8 Å². The van der Waals surface area contributed by atoms with Gasteiger partial charge in [-0.25, -0.2) is 9.98 Å². The molecule has 0 aliphatic rings. The summed E-state index contributed by atoms with van der Waals surface area (Å²) in [6.45, 7) is 7.23. The lowest BCUT2D eigenvalue weighted by Gasteiger charge is -2.12. The van der Waals surface area contributed by atoms with Crippen molar-refractivity contribution in [3.05, 3.63) is 41.3 Å². The van der Waals surface area contributed by atoms with E-state index in [1.807, 2.05) is 31.5 Å². The summed E-state index contributed by atoms with van der Waals surface area (Å²) >= 11 is 0. The Labute approximate surface area is 191 Å². The molecule has 2 N–H and O–H groups in total. The molecule has 11 heteroatoms. The summed E-state index contributed by atoms with van der Waals surface area (Å²) in [5, 5.41) is 10.9. The maximum atomic E-state index is 12.2. The smallest absolute Gasteiger partial charge is 0.422 e. The number of pyridine rings is 1. The molecular formula is C19H28F3IN6O. The molecule has 30 heavy (non-hydrogen) atoms. The summed E-state index contributed by atoms with van der Waals surface area (Å²) in [6, 6.07) is 5.10. The van der Waals surface area contributed by atoms with Crippen molar-refractivity contribution < 1.29 is 17.9 Å². The van der Waals surface area contributed by atoms with E-state index in [1.54, 1.807) is 6.07 Å². The molecule has 0 unspecified atom stereocenters. The zero-order valence-electron chi connectivity index (χ0n) is 17.3. The molecule has 0 radical (unpaired) electrons. The number of ether oxygens (including phenoxy) is 1. The van der Waals surface area contributed by atoms with Gasteiger partial charge in [-0.1, -0.05) is 6.07 Å². The third-order valence-corrected chi connectivity index (χ3v) is 3.89. The number of aryl methyl sites for hydroxylation is 3. The topological polar surface area (TPSA) is 76.4 Å². The average Bonchev–Trinajstić information content (AvgIpc) is 2.98. The number of halogens is 4. The van der Waals surface area contributed by atoms with Gasteiger partial charge in [0.2, 0.25) is 5.88 Å². The summed E-state index contributed by atoms with van der Waals surface area (Å²) in [5.41, 5.74) is 2.91. The summed E-state index contributed by atoms with van der Waals surface area (Å²) in [7, 11) is 0. The standard InChI is InChI=1S/C19H27F3N6O.HI/c1-4-23-18(24-8-5-9-28-15(3)10-14(2)27-28)26-12-16-6-7-17(25-11-16)29-13-19(20,21)22;/h6-7,10-11H,4-5,8-9,12-13H2,1-3H3,(H2,23,24,26);1H. The normalized spacial score (nSPS) is 11.7. The van der Waals surface area contributed by atoms with Crippen LogP contribution in [-0.4, -0.2) is 46.6 Å². The number of nitrogens with zero attached hydrogens (tertiary/aromatic N) is 4. The molecule has 0 aliphatic carbocycles. The number of nitrogens with one attached hydrogen (secondary N) is 2. The van der Waals surface area contributed by atoms with Gasteiger partial charge in [0.15, 0.2) is 12.6 Å². The van der Waals surface area contributed by atoms with Crippen LogP contribution in [0.2, 0.25) is 0 Å². The quantitative estimate of drug-likeness (QED) is 0.220. The van der Waals surface area contributed by atoms with E-state index in [0.717, 1.165) is 36.5 Å². The van der Waals surface area contributed by atoms with Crippen molar-refractivity contribution in [3.63, 3.8) is 0 Å². The fourth-order valence-corrected chi connectivity index (χ4v) is 2.59. The van der Waals surface area contributed by atoms with Gasteiger partial charge in [-0.05, 0) is 38.8 Å². The van der Waals surface area contributed by atoms with Crippen molar-refractivity contribution in [1.29, 1.82) is 0 Å². The minimum atomic E-state index is -4.38. The summed E-state index contributed by atoms with van der Waals surface area (Å²) in [4.78, 5) is 8.36. The Balaban J connectivity index is 0.00000450. The van der Waals surface area contributed by atoms with Crippen LogP contribution in [0.25, 0.3) is 0 Å². The molecule has 0 aliphatic heterocycles. The number of rotatable bonds is 9. The van der Waals surface area contributed by atoms with E-state index in [1.165, 1.54) is 12.3 Å². The minimum Gasteiger partial charge on any atom is -0.468 e. The summed E-state index contributed by atoms with van der Waals surface area (Å²) in [6.07, 6.45) is -2.03. The van der Waals surface area contributed by atoms with Gasteiger partial charge in [-0.15, -0.1) is 24.0 Å². The third-order valence-electron chi connectivity index (χ3n) is 3.89. The van der Waals surface area contributed by atoms with Crippen molar-refractivity contribution in [2.45, 2.75) is 46.5 Å². The molecule has 2 aromatic heterocycles. The van der Waals surface area contributed by atoms with E-state index in [-0.39, 0.29) is 29.9 Å². The number of guanidine groups is 1. The maximum Gasteiger partial charge on any atom is 0.422 e. The van der Waals surface area contributed by atoms with E-state index in [4.69, 9.17) is 0 Å². The van der Waals surface area contributed by atoms with Crippen LogP contribution in [-0.2, 0) is 13.1 Å². The molecule has 0 spiro atoms. The molecule has 7 nitrogen and oxygen atoms in total. The fourth-order valence-electron chi connectivity index (χ4n) is 2.59. The monoisotopic (exact) mass is 540 g/mol. The molecule has 0 bridgehead atoms. The molecule has 2 aromatic rings. The molecular weight excluding hydrogens is 512 g/mol. The van der Waals surface area contributed by atoms with Crippen molar-refractivity contribution in [1.82, 2.24) is 25.4 Å². The molecule has 0 atom stereocenters. The molecule has 2 heterocycles. The second-order valence-electron chi connectivity index (χ2n) is 6.53.